The van der Waals surface area contributed by atoms with Crippen LogP contribution < -0.4 is 4.74 Å². The molecular formula is C34H34F2O. The molecule has 0 heterocycles. The van der Waals surface area contributed by atoms with E-state index in [1.165, 1.54) is 53.8 Å². The van der Waals surface area contributed by atoms with Gasteiger partial charge in [0.1, 0.15) is 0 Å². The molecule has 4 aromatic rings. The minimum Gasteiger partial charge on any atom is -0.462 e. The highest BCUT2D eigenvalue weighted by Gasteiger charge is 2.15. The molecule has 0 aliphatic rings. The first kappa shape index (κ1) is 26.3. The molecule has 0 aromatic heterocycles. The fourth-order valence-electron chi connectivity index (χ4n) is 4.43. The summed E-state index contributed by atoms with van der Waals surface area (Å²) in [6.07, 6.45) is 9.67. The van der Waals surface area contributed by atoms with Gasteiger partial charge in [-0.3, -0.25) is 0 Å². The first-order chi connectivity index (χ1) is 18.1. The van der Waals surface area contributed by atoms with Gasteiger partial charge < -0.3 is 4.74 Å². The van der Waals surface area contributed by atoms with Crippen molar-refractivity contribution < 1.29 is 13.5 Å². The maximum atomic E-state index is 14.6. The molecule has 0 saturated heterocycles. The van der Waals surface area contributed by atoms with E-state index in [4.69, 9.17) is 4.74 Å². The van der Waals surface area contributed by atoms with E-state index in [1.54, 1.807) is 19.1 Å². The molecule has 0 unspecified atom stereocenters. The van der Waals surface area contributed by atoms with Gasteiger partial charge in [0.25, 0.3) is 0 Å². The Morgan fingerprint density at radius 3 is 1.62 bits per heavy atom. The molecule has 0 radical (unpaired) electrons. The highest BCUT2D eigenvalue weighted by molar-refractivity contribution is 5.66. The fourth-order valence-corrected chi connectivity index (χ4v) is 4.43. The van der Waals surface area contributed by atoms with Crippen molar-refractivity contribution in [2.45, 2.75) is 52.4 Å². The Labute approximate surface area is 219 Å². The molecule has 4 rings (SSSR count). The predicted molar refractivity (Wildman–Crippen MR) is 150 cm³/mol. The first-order valence-corrected chi connectivity index (χ1v) is 13.1. The minimum atomic E-state index is -0.981. The van der Waals surface area contributed by atoms with Gasteiger partial charge in [0.15, 0.2) is 11.6 Å². The average molecular weight is 497 g/mol. The van der Waals surface area contributed by atoms with Gasteiger partial charge in [-0.15, -0.1) is 0 Å². The lowest BCUT2D eigenvalue weighted by Crippen LogP contribution is -1.95. The monoisotopic (exact) mass is 496 g/mol. The van der Waals surface area contributed by atoms with Crippen molar-refractivity contribution in [2.75, 3.05) is 0 Å². The molecule has 0 saturated carbocycles. The largest absolute Gasteiger partial charge is 0.462 e. The third-order valence-corrected chi connectivity index (χ3v) is 6.66. The topological polar surface area (TPSA) is 9.23 Å². The molecule has 37 heavy (non-hydrogen) atoms. The summed E-state index contributed by atoms with van der Waals surface area (Å²) in [5.41, 5.74) is 7.16. The van der Waals surface area contributed by atoms with Gasteiger partial charge in [-0.25, -0.2) is 4.39 Å². The number of hydrogen-bond acceptors (Lipinski definition) is 1. The van der Waals surface area contributed by atoms with E-state index >= 15 is 0 Å². The number of aryl methyl sites for hydroxylation is 3. The van der Waals surface area contributed by atoms with E-state index in [2.05, 4.69) is 55.5 Å². The number of benzene rings is 4. The summed E-state index contributed by atoms with van der Waals surface area (Å²) in [4.78, 5) is 0. The number of hydrogen-bond donors (Lipinski definition) is 0. The SMILES string of the molecule is CC=COc1ccc(-c2ccc(CCc3ccc(-c4ccc(CCCCC)cc4)cc3)cc2)c(F)c1F. The van der Waals surface area contributed by atoms with Gasteiger partial charge in [0.05, 0.1) is 6.26 Å². The van der Waals surface area contributed by atoms with Crippen LogP contribution in [-0.4, -0.2) is 0 Å². The number of rotatable bonds is 11. The van der Waals surface area contributed by atoms with E-state index in [9.17, 15) is 8.78 Å². The lowest BCUT2D eigenvalue weighted by Gasteiger charge is -2.09. The van der Waals surface area contributed by atoms with Crippen molar-refractivity contribution in [3.05, 3.63) is 126 Å². The van der Waals surface area contributed by atoms with Crippen LogP contribution in [0.5, 0.6) is 5.75 Å². The lowest BCUT2D eigenvalue weighted by molar-refractivity contribution is 0.415. The van der Waals surface area contributed by atoms with Crippen LogP contribution in [0, 0.1) is 11.6 Å². The summed E-state index contributed by atoms with van der Waals surface area (Å²) in [6, 6.07) is 28.3. The van der Waals surface area contributed by atoms with Crippen LogP contribution in [0.25, 0.3) is 22.3 Å². The molecular weight excluding hydrogens is 462 g/mol. The third kappa shape index (κ3) is 6.95. The Morgan fingerprint density at radius 2 is 1.11 bits per heavy atom. The van der Waals surface area contributed by atoms with Gasteiger partial charge >= 0.3 is 0 Å². The fraction of sp³-hybridized carbons (Fsp3) is 0.235. The predicted octanol–water partition coefficient (Wildman–Crippen LogP) is 9.73. The van der Waals surface area contributed by atoms with Gasteiger partial charge in [-0.05, 0) is 78.1 Å². The van der Waals surface area contributed by atoms with Crippen molar-refractivity contribution in [1.29, 1.82) is 0 Å². The van der Waals surface area contributed by atoms with Crippen LogP contribution in [0.3, 0.4) is 0 Å². The molecule has 0 aliphatic heterocycles. The lowest BCUT2D eigenvalue weighted by atomic mass is 9.97. The summed E-state index contributed by atoms with van der Waals surface area (Å²) in [7, 11) is 0. The van der Waals surface area contributed by atoms with Crippen molar-refractivity contribution >= 4 is 0 Å². The Kier molecular flexibility index (Phi) is 9.26. The summed E-state index contributed by atoms with van der Waals surface area (Å²) in [6.45, 7) is 3.98. The standard InChI is InChI=1S/C34H34F2O/c1-3-5-6-7-25-10-16-28(17-11-25)29-18-12-26(13-19-29)8-9-27-14-20-30(21-15-27)31-22-23-32(37-24-4-2)34(36)33(31)35/h4,10-24H,3,5-9H2,1-2H3. The Balaban J connectivity index is 1.35. The molecule has 0 fully saturated rings. The summed E-state index contributed by atoms with van der Waals surface area (Å²) < 4.78 is 34.0. The molecule has 0 N–H and O–H groups in total. The second kappa shape index (κ2) is 13.0. The zero-order valence-corrected chi connectivity index (χ0v) is 21.6. The van der Waals surface area contributed by atoms with Crippen molar-refractivity contribution in [2.24, 2.45) is 0 Å². The normalized spacial score (nSPS) is 11.2. The van der Waals surface area contributed by atoms with E-state index in [1.807, 2.05) is 24.3 Å². The van der Waals surface area contributed by atoms with E-state index in [0.717, 1.165) is 24.8 Å². The Hall–Kier alpha value is -3.72. The zero-order chi connectivity index (χ0) is 26.0. The van der Waals surface area contributed by atoms with E-state index in [-0.39, 0.29) is 11.3 Å². The molecule has 0 atom stereocenters. The quantitative estimate of drug-likeness (QED) is 0.148. The van der Waals surface area contributed by atoms with Crippen molar-refractivity contribution in [3.63, 3.8) is 0 Å². The van der Waals surface area contributed by atoms with Crippen LogP contribution in [0.2, 0.25) is 0 Å². The van der Waals surface area contributed by atoms with Crippen molar-refractivity contribution in [1.82, 2.24) is 0 Å². The Bertz CT molecular complexity index is 1300. The van der Waals surface area contributed by atoms with Gasteiger partial charge in [0, 0.05) is 5.56 Å². The molecule has 0 aliphatic carbocycles. The highest BCUT2D eigenvalue weighted by Crippen LogP contribution is 2.30. The number of halogens is 2. The molecule has 0 bridgehead atoms. The summed E-state index contributed by atoms with van der Waals surface area (Å²) in [5, 5.41) is 0. The number of ether oxygens (including phenoxy) is 1. The molecule has 4 aromatic carbocycles. The second-order valence-corrected chi connectivity index (χ2v) is 9.37. The third-order valence-electron chi connectivity index (χ3n) is 6.66. The smallest absolute Gasteiger partial charge is 0.201 e. The number of unbranched alkanes of at least 4 members (excludes halogenated alkanes) is 2. The first-order valence-electron chi connectivity index (χ1n) is 13.1. The van der Waals surface area contributed by atoms with Crippen LogP contribution in [-0.2, 0) is 19.3 Å². The van der Waals surface area contributed by atoms with Crippen LogP contribution in [0.4, 0.5) is 8.78 Å². The van der Waals surface area contributed by atoms with E-state index < -0.39 is 11.6 Å². The maximum absolute atomic E-state index is 14.6. The minimum absolute atomic E-state index is 0.124. The van der Waals surface area contributed by atoms with Crippen LogP contribution >= 0.6 is 0 Å². The molecule has 0 amide bonds. The number of allylic oxidation sites excluding steroid dienone is 1. The maximum Gasteiger partial charge on any atom is 0.201 e. The van der Waals surface area contributed by atoms with Crippen LogP contribution in [0.15, 0.2) is 97.3 Å². The van der Waals surface area contributed by atoms with E-state index in [0.29, 0.717) is 5.56 Å². The molecule has 1 nitrogen and oxygen atoms in total. The zero-order valence-electron chi connectivity index (χ0n) is 21.6. The van der Waals surface area contributed by atoms with Gasteiger partial charge in [-0.1, -0.05) is 98.6 Å². The van der Waals surface area contributed by atoms with Gasteiger partial charge in [0.2, 0.25) is 5.82 Å². The average Bonchev–Trinajstić information content (AvgIpc) is 2.94. The summed E-state index contributed by atoms with van der Waals surface area (Å²) in [5.74, 6) is -2.01. The molecule has 3 heteroatoms. The second-order valence-electron chi connectivity index (χ2n) is 9.37. The Morgan fingerprint density at radius 1 is 0.595 bits per heavy atom. The molecule has 0 spiro atoms. The molecule has 190 valence electrons. The van der Waals surface area contributed by atoms with Crippen molar-refractivity contribution in [3.8, 4) is 28.0 Å². The van der Waals surface area contributed by atoms with Gasteiger partial charge in [-0.2, -0.15) is 4.39 Å². The summed E-state index contributed by atoms with van der Waals surface area (Å²) >= 11 is 0. The highest BCUT2D eigenvalue weighted by atomic mass is 19.2. The van der Waals surface area contributed by atoms with Crippen LogP contribution in [0.1, 0.15) is 49.8 Å².